The molecule has 1 aromatic heterocycles. The van der Waals surface area contributed by atoms with Crippen LogP contribution >= 0.6 is 0 Å². The van der Waals surface area contributed by atoms with E-state index < -0.39 is 9.84 Å². The van der Waals surface area contributed by atoms with E-state index in [1.54, 1.807) is 24.3 Å². The molecule has 142 valence electrons. The van der Waals surface area contributed by atoms with Gasteiger partial charge in [0.25, 0.3) is 0 Å². The van der Waals surface area contributed by atoms with Crippen molar-refractivity contribution in [3.05, 3.63) is 83.7 Å². The van der Waals surface area contributed by atoms with Gasteiger partial charge in [0, 0.05) is 18.4 Å². The lowest BCUT2D eigenvalue weighted by atomic mass is 10.1. The van der Waals surface area contributed by atoms with E-state index in [0.29, 0.717) is 16.3 Å². The third kappa shape index (κ3) is 4.33. The molecule has 3 nitrogen and oxygen atoms in total. The zero-order chi connectivity index (χ0) is 19.3. The summed E-state index contributed by atoms with van der Waals surface area (Å²) >= 11 is 0. The van der Waals surface area contributed by atoms with Crippen LogP contribution in [0.15, 0.2) is 76.7 Å². The minimum absolute atomic E-state index is 0.363. The fourth-order valence-corrected chi connectivity index (χ4v) is 5.24. The van der Waals surface area contributed by atoms with Crippen molar-refractivity contribution in [1.29, 1.82) is 0 Å². The summed E-state index contributed by atoms with van der Waals surface area (Å²) in [6.45, 7) is 4.76. The van der Waals surface area contributed by atoms with Gasteiger partial charge >= 0.3 is 0 Å². The number of unbranched alkanes of at least 4 members (excludes halogenated alkanes) is 2. The van der Waals surface area contributed by atoms with Crippen molar-refractivity contribution in [1.82, 2.24) is 4.57 Å². The van der Waals surface area contributed by atoms with Gasteiger partial charge in [0.15, 0.2) is 0 Å². The molecular formula is C23H27NO2S. The first kappa shape index (κ1) is 19.4. The summed E-state index contributed by atoms with van der Waals surface area (Å²) in [6.07, 6.45) is 6.05. The van der Waals surface area contributed by atoms with E-state index in [0.717, 1.165) is 36.9 Å². The van der Waals surface area contributed by atoms with Gasteiger partial charge in [-0.1, -0.05) is 68.3 Å². The molecule has 1 heterocycles. The highest BCUT2D eigenvalue weighted by Crippen LogP contribution is 2.30. The number of benzene rings is 2. The fraction of sp³-hybridized carbons (Fsp3) is 0.304. The highest BCUT2D eigenvalue weighted by Gasteiger charge is 2.26. The molecule has 0 aliphatic heterocycles. The maximum Gasteiger partial charge on any atom is 0.208 e. The number of sulfone groups is 1. The molecule has 0 bridgehead atoms. The Hall–Kier alpha value is -2.33. The summed E-state index contributed by atoms with van der Waals surface area (Å²) in [5.74, 6) is 0. The van der Waals surface area contributed by atoms with E-state index in [1.165, 1.54) is 5.56 Å². The lowest BCUT2D eigenvalue weighted by molar-refractivity contribution is 0.593. The van der Waals surface area contributed by atoms with Crippen molar-refractivity contribution in [3.8, 4) is 0 Å². The first-order valence-corrected chi connectivity index (χ1v) is 11.0. The second-order valence-electron chi connectivity index (χ2n) is 6.96. The third-order valence-corrected chi connectivity index (χ3v) is 6.92. The molecule has 27 heavy (non-hydrogen) atoms. The summed E-state index contributed by atoms with van der Waals surface area (Å²) in [5.41, 5.74) is 2.91. The van der Waals surface area contributed by atoms with Gasteiger partial charge in [-0.3, -0.25) is 0 Å². The standard InChI is InChI=1S/C23H27NO2S/c1-3-4-7-14-21-18-24(17-20-12-8-5-9-13-20)19(2)23(21)27(25,26)22-15-10-6-11-16-22/h5-6,8-13,15-16,18H,3-4,7,14,17H2,1-2H3. The summed E-state index contributed by atoms with van der Waals surface area (Å²) in [4.78, 5) is 0.850. The average molecular weight is 382 g/mol. The van der Waals surface area contributed by atoms with Crippen molar-refractivity contribution in [3.63, 3.8) is 0 Å². The molecule has 3 aromatic rings. The maximum absolute atomic E-state index is 13.4. The minimum atomic E-state index is -3.53. The molecule has 0 amide bonds. The fourth-order valence-electron chi connectivity index (χ4n) is 3.48. The van der Waals surface area contributed by atoms with Crippen LogP contribution in [0.5, 0.6) is 0 Å². The van der Waals surface area contributed by atoms with Crippen molar-refractivity contribution in [2.45, 2.75) is 55.9 Å². The lowest BCUT2D eigenvalue weighted by Gasteiger charge is -2.09. The molecule has 0 aliphatic carbocycles. The second-order valence-corrected chi connectivity index (χ2v) is 8.84. The molecule has 0 fully saturated rings. The predicted octanol–water partition coefficient (Wildman–Crippen LogP) is 5.41. The molecule has 3 rings (SSSR count). The Balaban J connectivity index is 2.05. The Labute approximate surface area is 162 Å². The van der Waals surface area contributed by atoms with Crippen LogP contribution in [0.2, 0.25) is 0 Å². The van der Waals surface area contributed by atoms with Gasteiger partial charge in [-0.15, -0.1) is 0 Å². The molecule has 0 spiro atoms. The first-order valence-electron chi connectivity index (χ1n) is 9.56. The average Bonchev–Trinajstić information content (AvgIpc) is 2.99. The van der Waals surface area contributed by atoms with E-state index in [1.807, 2.05) is 37.4 Å². The molecule has 0 saturated heterocycles. The summed E-state index contributed by atoms with van der Waals surface area (Å²) in [5, 5.41) is 0. The van der Waals surface area contributed by atoms with Crippen LogP contribution in [0.25, 0.3) is 0 Å². The summed E-state index contributed by atoms with van der Waals surface area (Å²) in [6, 6.07) is 18.9. The number of aryl methyl sites for hydroxylation is 1. The van der Waals surface area contributed by atoms with Crippen molar-refractivity contribution in [2.75, 3.05) is 0 Å². The number of hydrogen-bond acceptors (Lipinski definition) is 2. The monoisotopic (exact) mass is 381 g/mol. The van der Waals surface area contributed by atoms with Gasteiger partial charge in [0.2, 0.25) is 9.84 Å². The Morgan fingerprint density at radius 3 is 2.15 bits per heavy atom. The van der Waals surface area contributed by atoms with Crippen molar-refractivity contribution in [2.24, 2.45) is 0 Å². The summed E-state index contributed by atoms with van der Waals surface area (Å²) < 4.78 is 28.8. The smallest absolute Gasteiger partial charge is 0.208 e. The Kier molecular flexibility index (Phi) is 6.17. The zero-order valence-corrected chi connectivity index (χ0v) is 16.9. The van der Waals surface area contributed by atoms with Crippen LogP contribution in [0.4, 0.5) is 0 Å². The van der Waals surface area contributed by atoms with E-state index in [4.69, 9.17) is 0 Å². The topological polar surface area (TPSA) is 39.1 Å². The van der Waals surface area contributed by atoms with E-state index in [2.05, 4.69) is 23.6 Å². The molecule has 0 saturated carbocycles. The van der Waals surface area contributed by atoms with Gasteiger partial charge < -0.3 is 4.57 Å². The Morgan fingerprint density at radius 2 is 1.52 bits per heavy atom. The molecule has 0 atom stereocenters. The largest absolute Gasteiger partial charge is 0.346 e. The number of hydrogen-bond donors (Lipinski definition) is 0. The number of nitrogens with zero attached hydrogens (tertiary/aromatic N) is 1. The zero-order valence-electron chi connectivity index (χ0n) is 16.1. The van der Waals surface area contributed by atoms with Crippen molar-refractivity contribution >= 4 is 9.84 Å². The van der Waals surface area contributed by atoms with Gasteiger partial charge in [-0.25, -0.2) is 8.42 Å². The van der Waals surface area contributed by atoms with Crippen LogP contribution in [0.3, 0.4) is 0 Å². The molecule has 0 aliphatic rings. The van der Waals surface area contributed by atoms with Crippen LogP contribution in [0, 0.1) is 6.92 Å². The highest BCUT2D eigenvalue weighted by molar-refractivity contribution is 7.91. The predicted molar refractivity (Wildman–Crippen MR) is 110 cm³/mol. The van der Waals surface area contributed by atoms with E-state index in [9.17, 15) is 8.42 Å². The SMILES string of the molecule is CCCCCc1cn(Cc2ccccc2)c(C)c1S(=O)(=O)c1ccccc1. The first-order chi connectivity index (χ1) is 13.0. The quantitative estimate of drug-likeness (QED) is 0.489. The van der Waals surface area contributed by atoms with Crippen LogP contribution in [-0.4, -0.2) is 13.0 Å². The van der Waals surface area contributed by atoms with Gasteiger partial charge in [0.05, 0.1) is 9.79 Å². The van der Waals surface area contributed by atoms with Crippen LogP contribution < -0.4 is 0 Å². The molecule has 0 N–H and O–H groups in total. The normalized spacial score (nSPS) is 11.6. The number of aromatic nitrogens is 1. The molecule has 2 aromatic carbocycles. The minimum Gasteiger partial charge on any atom is -0.346 e. The van der Waals surface area contributed by atoms with Crippen LogP contribution in [-0.2, 0) is 22.8 Å². The lowest BCUT2D eigenvalue weighted by Crippen LogP contribution is -2.07. The van der Waals surface area contributed by atoms with Gasteiger partial charge in [-0.05, 0) is 43.0 Å². The second kappa shape index (κ2) is 8.57. The molecule has 0 unspecified atom stereocenters. The Morgan fingerprint density at radius 1 is 0.889 bits per heavy atom. The third-order valence-electron chi connectivity index (χ3n) is 4.93. The Bertz CT molecular complexity index is 974. The van der Waals surface area contributed by atoms with Gasteiger partial charge in [0.1, 0.15) is 0 Å². The highest BCUT2D eigenvalue weighted by atomic mass is 32.2. The van der Waals surface area contributed by atoms with E-state index in [-0.39, 0.29) is 0 Å². The van der Waals surface area contributed by atoms with E-state index >= 15 is 0 Å². The van der Waals surface area contributed by atoms with Crippen molar-refractivity contribution < 1.29 is 8.42 Å². The van der Waals surface area contributed by atoms with Crippen LogP contribution in [0.1, 0.15) is 43.0 Å². The molecule has 4 heteroatoms. The van der Waals surface area contributed by atoms with Gasteiger partial charge in [-0.2, -0.15) is 0 Å². The number of rotatable bonds is 8. The molecule has 0 radical (unpaired) electrons. The summed E-state index contributed by atoms with van der Waals surface area (Å²) in [7, 11) is -3.53. The maximum atomic E-state index is 13.4. The molecular weight excluding hydrogens is 354 g/mol.